The van der Waals surface area contributed by atoms with Crippen molar-refractivity contribution in [1.82, 2.24) is 0 Å². The minimum atomic E-state index is -0.986. The highest BCUT2D eigenvalue weighted by Crippen LogP contribution is 2.37. The van der Waals surface area contributed by atoms with Gasteiger partial charge in [-0.2, -0.15) is 0 Å². The van der Waals surface area contributed by atoms with Crippen molar-refractivity contribution in [1.29, 1.82) is 0 Å². The molecule has 1 heterocycles. The number of rotatable bonds is 3. The highest BCUT2D eigenvalue weighted by molar-refractivity contribution is 8.00. The molecule has 1 atom stereocenters. The van der Waals surface area contributed by atoms with Crippen molar-refractivity contribution < 1.29 is 14.7 Å². The molecule has 1 aliphatic rings. The zero-order valence-corrected chi connectivity index (χ0v) is 14.4. The molecule has 124 valence electrons. The molecular formula is C19H19NO3S. The van der Waals surface area contributed by atoms with E-state index in [4.69, 9.17) is 0 Å². The molecule has 4 nitrogen and oxygen atoms in total. The van der Waals surface area contributed by atoms with Crippen LogP contribution < -0.4 is 5.32 Å². The first-order valence-electron chi connectivity index (χ1n) is 7.82. The molecule has 0 radical (unpaired) electrons. The van der Waals surface area contributed by atoms with Gasteiger partial charge in [-0.3, -0.25) is 4.79 Å². The van der Waals surface area contributed by atoms with Crippen LogP contribution in [0, 0.1) is 13.8 Å². The second kappa shape index (κ2) is 6.69. The summed E-state index contributed by atoms with van der Waals surface area (Å²) in [6.07, 6.45) is 0.970. The first-order chi connectivity index (χ1) is 11.5. The van der Waals surface area contributed by atoms with Gasteiger partial charge in [0.05, 0.1) is 5.56 Å². The maximum Gasteiger partial charge on any atom is 0.336 e. The van der Waals surface area contributed by atoms with E-state index in [0.29, 0.717) is 11.3 Å². The Kier molecular flexibility index (Phi) is 4.62. The second-order valence-electron chi connectivity index (χ2n) is 5.98. The number of thioether (sulfide) groups is 1. The number of aryl methyl sites for hydroxylation is 3. The zero-order valence-electron chi connectivity index (χ0n) is 13.6. The summed E-state index contributed by atoms with van der Waals surface area (Å²) in [4.78, 5) is 24.1. The summed E-state index contributed by atoms with van der Waals surface area (Å²) in [7, 11) is 0. The third kappa shape index (κ3) is 3.17. The number of aromatic carboxylic acids is 1. The van der Waals surface area contributed by atoms with E-state index in [9.17, 15) is 14.7 Å². The van der Waals surface area contributed by atoms with Gasteiger partial charge in [-0.15, -0.1) is 11.8 Å². The maximum absolute atomic E-state index is 12.8. The van der Waals surface area contributed by atoms with Crippen molar-refractivity contribution in [3.8, 4) is 0 Å². The first-order valence-corrected chi connectivity index (χ1v) is 8.87. The first kappa shape index (κ1) is 16.6. The topological polar surface area (TPSA) is 66.4 Å². The van der Waals surface area contributed by atoms with Crippen molar-refractivity contribution in [3.05, 3.63) is 64.2 Å². The van der Waals surface area contributed by atoms with E-state index in [0.717, 1.165) is 23.3 Å². The SMILES string of the molecule is Cc1cc(C)c(C(=O)O)cc1NC(=O)C1SCCc2ccccc21. The number of hydrogen-bond donors (Lipinski definition) is 2. The number of amides is 1. The molecule has 0 saturated carbocycles. The lowest BCUT2D eigenvalue weighted by molar-refractivity contribution is -0.115. The Hall–Kier alpha value is -2.27. The van der Waals surface area contributed by atoms with Gasteiger partial charge in [0.1, 0.15) is 5.25 Å². The van der Waals surface area contributed by atoms with Crippen molar-refractivity contribution in [2.45, 2.75) is 25.5 Å². The predicted octanol–water partition coefficient (Wildman–Crippen LogP) is 3.97. The molecule has 0 saturated heterocycles. The van der Waals surface area contributed by atoms with Crippen LogP contribution >= 0.6 is 11.8 Å². The van der Waals surface area contributed by atoms with Gasteiger partial charge >= 0.3 is 5.97 Å². The fourth-order valence-electron chi connectivity index (χ4n) is 3.03. The summed E-state index contributed by atoms with van der Waals surface area (Å²) in [5.41, 5.74) is 4.59. The minimum Gasteiger partial charge on any atom is -0.478 e. The molecule has 2 aromatic rings. The van der Waals surface area contributed by atoms with Crippen LogP contribution in [0.4, 0.5) is 5.69 Å². The number of carboxylic acid groups (broad SMARTS) is 1. The number of fused-ring (bicyclic) bond motifs is 1. The van der Waals surface area contributed by atoms with Crippen LogP contribution in [0.2, 0.25) is 0 Å². The Morgan fingerprint density at radius 1 is 1.17 bits per heavy atom. The third-order valence-electron chi connectivity index (χ3n) is 4.29. The largest absolute Gasteiger partial charge is 0.478 e. The van der Waals surface area contributed by atoms with Crippen LogP contribution in [0.3, 0.4) is 0 Å². The number of carboxylic acids is 1. The predicted molar refractivity (Wildman–Crippen MR) is 96.9 cm³/mol. The number of carbonyl (C=O) groups excluding carboxylic acids is 1. The second-order valence-corrected chi connectivity index (χ2v) is 7.19. The van der Waals surface area contributed by atoms with E-state index < -0.39 is 5.97 Å². The van der Waals surface area contributed by atoms with Gasteiger partial charge in [-0.1, -0.05) is 30.3 Å². The summed E-state index contributed by atoms with van der Waals surface area (Å²) < 4.78 is 0. The molecule has 3 rings (SSSR count). The molecule has 0 aromatic heterocycles. The van der Waals surface area contributed by atoms with Gasteiger partial charge in [-0.05, 0) is 54.3 Å². The van der Waals surface area contributed by atoms with Gasteiger partial charge < -0.3 is 10.4 Å². The Bertz CT molecular complexity index is 816. The van der Waals surface area contributed by atoms with Crippen LogP contribution in [-0.4, -0.2) is 22.7 Å². The molecule has 0 spiro atoms. The molecule has 24 heavy (non-hydrogen) atoms. The number of carbonyl (C=O) groups is 2. The average molecular weight is 341 g/mol. The molecule has 1 aliphatic heterocycles. The van der Waals surface area contributed by atoms with Gasteiger partial charge in [-0.25, -0.2) is 4.79 Å². The monoisotopic (exact) mass is 341 g/mol. The number of anilines is 1. The van der Waals surface area contributed by atoms with Gasteiger partial charge in [0.2, 0.25) is 5.91 Å². The van der Waals surface area contributed by atoms with E-state index in [1.54, 1.807) is 30.8 Å². The maximum atomic E-state index is 12.8. The average Bonchev–Trinajstić information content (AvgIpc) is 2.56. The fraction of sp³-hybridized carbons (Fsp3) is 0.263. The van der Waals surface area contributed by atoms with E-state index in [1.807, 2.05) is 25.1 Å². The van der Waals surface area contributed by atoms with Crippen LogP contribution in [0.25, 0.3) is 0 Å². The number of nitrogens with one attached hydrogen (secondary N) is 1. The van der Waals surface area contributed by atoms with Crippen LogP contribution in [0.1, 0.15) is 37.9 Å². The summed E-state index contributed by atoms with van der Waals surface area (Å²) in [6, 6.07) is 11.3. The van der Waals surface area contributed by atoms with Gasteiger partial charge in [0.25, 0.3) is 0 Å². The molecule has 0 aliphatic carbocycles. The van der Waals surface area contributed by atoms with E-state index >= 15 is 0 Å². The van der Waals surface area contributed by atoms with Crippen molar-refractivity contribution in [2.75, 3.05) is 11.1 Å². The van der Waals surface area contributed by atoms with E-state index in [2.05, 4.69) is 11.4 Å². The van der Waals surface area contributed by atoms with Crippen LogP contribution in [0.15, 0.2) is 36.4 Å². The van der Waals surface area contributed by atoms with Gasteiger partial charge in [0, 0.05) is 5.69 Å². The van der Waals surface area contributed by atoms with Crippen LogP contribution in [0.5, 0.6) is 0 Å². The highest BCUT2D eigenvalue weighted by atomic mass is 32.2. The summed E-state index contributed by atoms with van der Waals surface area (Å²) in [6.45, 7) is 3.63. The van der Waals surface area contributed by atoms with E-state index in [-0.39, 0.29) is 16.7 Å². The molecule has 5 heteroatoms. The lowest BCUT2D eigenvalue weighted by Gasteiger charge is -2.24. The summed E-state index contributed by atoms with van der Waals surface area (Å²) in [5.74, 6) is -0.182. The minimum absolute atomic E-state index is 0.101. The standard InChI is InChI=1S/C19H19NO3S/c1-11-9-12(2)16(10-15(11)19(22)23)20-18(21)17-14-6-4-3-5-13(14)7-8-24-17/h3-6,9-10,17H,7-8H2,1-2H3,(H,20,21)(H,22,23). The van der Waals surface area contributed by atoms with Crippen molar-refractivity contribution in [3.63, 3.8) is 0 Å². The van der Waals surface area contributed by atoms with Gasteiger partial charge in [0.15, 0.2) is 0 Å². The lowest BCUT2D eigenvalue weighted by Crippen LogP contribution is -2.23. The highest BCUT2D eigenvalue weighted by Gasteiger charge is 2.27. The third-order valence-corrected chi connectivity index (χ3v) is 5.53. The quantitative estimate of drug-likeness (QED) is 0.886. The molecule has 2 aromatic carbocycles. The number of hydrogen-bond acceptors (Lipinski definition) is 3. The lowest BCUT2D eigenvalue weighted by atomic mass is 10.0. The zero-order chi connectivity index (χ0) is 17.3. The molecule has 2 N–H and O–H groups in total. The molecule has 0 bridgehead atoms. The Morgan fingerprint density at radius 2 is 1.92 bits per heavy atom. The van der Waals surface area contributed by atoms with E-state index in [1.165, 1.54) is 5.56 Å². The van der Waals surface area contributed by atoms with Crippen LogP contribution in [-0.2, 0) is 11.2 Å². The van der Waals surface area contributed by atoms with Crippen molar-refractivity contribution >= 4 is 29.3 Å². The summed E-state index contributed by atoms with van der Waals surface area (Å²) >= 11 is 1.62. The Labute approximate surface area is 145 Å². The molecular weight excluding hydrogens is 322 g/mol. The Balaban J connectivity index is 1.89. The molecule has 0 fully saturated rings. The number of benzene rings is 2. The fourth-order valence-corrected chi connectivity index (χ4v) is 4.22. The molecule has 1 amide bonds. The molecule has 1 unspecified atom stereocenters. The van der Waals surface area contributed by atoms with Crippen molar-refractivity contribution in [2.24, 2.45) is 0 Å². The summed E-state index contributed by atoms with van der Waals surface area (Å²) in [5, 5.41) is 11.9. The Morgan fingerprint density at radius 3 is 2.67 bits per heavy atom. The smallest absolute Gasteiger partial charge is 0.336 e. The normalized spacial score (nSPS) is 16.3.